The van der Waals surface area contributed by atoms with Crippen LogP contribution in [0.15, 0.2) is 23.2 Å². The minimum absolute atomic E-state index is 0.650. The fraction of sp³-hybridized carbons (Fsp3) is 0.529. The van der Waals surface area contributed by atoms with Gasteiger partial charge in [-0.1, -0.05) is 38.3 Å². The molecule has 0 aliphatic rings. The van der Waals surface area contributed by atoms with E-state index in [0.29, 0.717) is 17.6 Å². The quantitative estimate of drug-likeness (QED) is 0.717. The van der Waals surface area contributed by atoms with Crippen LogP contribution in [0.3, 0.4) is 0 Å². The average Bonchev–Trinajstić information content (AvgIpc) is 2.52. The van der Waals surface area contributed by atoms with E-state index in [4.69, 9.17) is 16.3 Å². The number of rotatable bonds is 7. The molecule has 22 heavy (non-hydrogen) atoms. The Morgan fingerprint density at radius 2 is 2.00 bits per heavy atom. The van der Waals surface area contributed by atoms with Gasteiger partial charge in [-0.3, -0.25) is 9.56 Å². The summed E-state index contributed by atoms with van der Waals surface area (Å²) < 4.78 is 7.98. The third kappa shape index (κ3) is 3.80. The minimum Gasteiger partial charge on any atom is -0.465 e. The highest BCUT2D eigenvalue weighted by molar-refractivity contribution is 6.31. The van der Waals surface area contributed by atoms with Crippen molar-refractivity contribution >= 4 is 22.5 Å². The zero-order valence-electron chi connectivity index (χ0n) is 13.6. The fourth-order valence-electron chi connectivity index (χ4n) is 2.36. The third-order valence-corrected chi connectivity index (χ3v) is 3.81. The van der Waals surface area contributed by atoms with E-state index in [1.54, 1.807) is 7.05 Å². The van der Waals surface area contributed by atoms with Crippen molar-refractivity contribution in [1.82, 2.24) is 9.55 Å². The predicted octanol–water partition coefficient (Wildman–Crippen LogP) is 4.20. The molecule has 0 aliphatic carbocycles. The lowest BCUT2D eigenvalue weighted by Gasteiger charge is -2.15. The van der Waals surface area contributed by atoms with E-state index in [0.717, 1.165) is 48.6 Å². The zero-order valence-corrected chi connectivity index (χ0v) is 14.4. The van der Waals surface area contributed by atoms with E-state index in [1.807, 2.05) is 18.2 Å². The summed E-state index contributed by atoms with van der Waals surface area (Å²) in [6, 6.07) is 6.34. The number of nitrogens with zero attached hydrogens (tertiary/aromatic N) is 3. The minimum atomic E-state index is 0.650. The van der Waals surface area contributed by atoms with Crippen LogP contribution in [0.4, 0.5) is 0 Å². The number of halogens is 1. The Morgan fingerprint density at radius 3 is 2.68 bits per heavy atom. The average molecular weight is 322 g/mol. The first-order valence-corrected chi connectivity index (χ1v) is 8.34. The first-order valence-electron chi connectivity index (χ1n) is 7.97. The lowest BCUT2D eigenvalue weighted by molar-refractivity contribution is 0.265. The van der Waals surface area contributed by atoms with Gasteiger partial charge in [0.1, 0.15) is 5.49 Å². The van der Waals surface area contributed by atoms with Crippen LogP contribution in [0.2, 0.25) is 5.02 Å². The van der Waals surface area contributed by atoms with Crippen LogP contribution in [0.25, 0.3) is 10.9 Å². The van der Waals surface area contributed by atoms with Crippen molar-refractivity contribution in [3.63, 3.8) is 0 Å². The highest BCUT2D eigenvalue weighted by atomic mass is 35.5. The summed E-state index contributed by atoms with van der Waals surface area (Å²) in [5.74, 6) is 0. The molecule has 5 heteroatoms. The van der Waals surface area contributed by atoms with Gasteiger partial charge in [-0.25, -0.2) is 0 Å². The van der Waals surface area contributed by atoms with E-state index in [9.17, 15) is 0 Å². The second-order valence-electron chi connectivity index (χ2n) is 5.31. The van der Waals surface area contributed by atoms with Crippen LogP contribution >= 0.6 is 11.6 Å². The van der Waals surface area contributed by atoms with Gasteiger partial charge in [0.2, 0.25) is 0 Å². The molecule has 0 saturated heterocycles. The van der Waals surface area contributed by atoms with Crippen molar-refractivity contribution in [2.24, 2.45) is 4.99 Å². The maximum absolute atomic E-state index is 6.14. The van der Waals surface area contributed by atoms with Gasteiger partial charge in [0, 0.05) is 24.0 Å². The molecular formula is C17H24ClN3O. The first kappa shape index (κ1) is 16.8. The molecule has 120 valence electrons. The second kappa shape index (κ2) is 8.18. The summed E-state index contributed by atoms with van der Waals surface area (Å²) in [5.41, 5.74) is 1.75. The predicted molar refractivity (Wildman–Crippen MR) is 91.5 cm³/mol. The Hall–Kier alpha value is -1.55. The van der Waals surface area contributed by atoms with Crippen molar-refractivity contribution < 1.29 is 4.74 Å². The van der Waals surface area contributed by atoms with Gasteiger partial charge in [0.15, 0.2) is 0 Å². The number of aromatic nitrogens is 2. The lowest BCUT2D eigenvalue weighted by Crippen LogP contribution is -2.25. The topological polar surface area (TPSA) is 39.4 Å². The second-order valence-corrected chi connectivity index (χ2v) is 5.75. The van der Waals surface area contributed by atoms with Gasteiger partial charge in [-0.2, -0.15) is 4.98 Å². The number of hydrogen-bond acceptors (Lipinski definition) is 3. The van der Waals surface area contributed by atoms with E-state index < -0.39 is 0 Å². The van der Waals surface area contributed by atoms with Crippen molar-refractivity contribution in [1.29, 1.82) is 0 Å². The summed E-state index contributed by atoms with van der Waals surface area (Å²) >= 11 is 6.14. The third-order valence-electron chi connectivity index (χ3n) is 3.58. The van der Waals surface area contributed by atoms with Crippen LogP contribution in [-0.2, 0) is 6.54 Å². The summed E-state index contributed by atoms with van der Waals surface area (Å²) in [6.45, 7) is 5.85. The number of ether oxygens (including phenoxy) is 1. The molecule has 0 saturated carbocycles. The molecule has 0 aliphatic heterocycles. The van der Waals surface area contributed by atoms with Gasteiger partial charge in [0.05, 0.1) is 12.1 Å². The molecular weight excluding hydrogens is 298 g/mol. The number of fused-ring (bicyclic) bond motifs is 1. The van der Waals surface area contributed by atoms with Crippen molar-refractivity contribution in [2.45, 2.75) is 46.1 Å². The van der Waals surface area contributed by atoms with Gasteiger partial charge in [-0.15, -0.1) is 0 Å². The van der Waals surface area contributed by atoms with E-state index >= 15 is 0 Å². The molecule has 0 amide bonds. The lowest BCUT2D eigenvalue weighted by atomic mass is 10.2. The highest BCUT2D eigenvalue weighted by Gasteiger charge is 2.11. The fourth-order valence-corrected chi connectivity index (χ4v) is 2.53. The standard InChI is InChI=1S/C17H24ClN3O/c1-4-6-10-21-16(19-3)14-12-13(18)8-9-15(14)20-17(21)22-11-7-5-2/h8-9,12H,4-7,10-11H2,1-3H3. The highest BCUT2D eigenvalue weighted by Crippen LogP contribution is 2.18. The van der Waals surface area contributed by atoms with Crippen LogP contribution in [-0.4, -0.2) is 23.2 Å². The zero-order chi connectivity index (χ0) is 15.9. The first-order chi connectivity index (χ1) is 10.7. The molecule has 2 aromatic rings. The molecule has 1 heterocycles. The number of benzene rings is 1. The van der Waals surface area contributed by atoms with Crippen molar-refractivity contribution in [3.8, 4) is 6.01 Å². The smallest absolute Gasteiger partial charge is 0.298 e. The number of hydrogen-bond donors (Lipinski definition) is 0. The van der Waals surface area contributed by atoms with Crippen LogP contribution in [0, 0.1) is 0 Å². The molecule has 0 fully saturated rings. The molecule has 0 atom stereocenters. The Balaban J connectivity index is 2.57. The monoisotopic (exact) mass is 321 g/mol. The molecule has 0 radical (unpaired) electrons. The van der Waals surface area contributed by atoms with Gasteiger partial charge in [-0.05, 0) is 31.0 Å². The maximum Gasteiger partial charge on any atom is 0.298 e. The Kier molecular flexibility index (Phi) is 6.25. The van der Waals surface area contributed by atoms with Crippen molar-refractivity contribution in [2.75, 3.05) is 13.7 Å². The summed E-state index contributed by atoms with van der Waals surface area (Å²) in [7, 11) is 1.80. The molecule has 0 spiro atoms. The molecule has 1 aromatic heterocycles. The molecule has 1 aromatic carbocycles. The Labute approximate surface area is 136 Å². The Bertz CT molecular complexity index is 694. The molecule has 0 unspecified atom stereocenters. The van der Waals surface area contributed by atoms with E-state index in [2.05, 4.69) is 28.4 Å². The van der Waals surface area contributed by atoms with Gasteiger partial charge < -0.3 is 4.74 Å². The van der Waals surface area contributed by atoms with E-state index in [1.165, 1.54) is 0 Å². The SMILES string of the molecule is CCCCOc1nc2ccc(Cl)cc2c(=NC)n1CCCC. The largest absolute Gasteiger partial charge is 0.465 e. The Morgan fingerprint density at radius 1 is 1.23 bits per heavy atom. The molecule has 4 nitrogen and oxygen atoms in total. The van der Waals surface area contributed by atoms with Crippen LogP contribution < -0.4 is 10.2 Å². The molecule has 2 rings (SSSR count). The summed E-state index contributed by atoms with van der Waals surface area (Å²) in [4.78, 5) is 9.14. The summed E-state index contributed by atoms with van der Waals surface area (Å²) in [5, 5.41) is 1.66. The van der Waals surface area contributed by atoms with Gasteiger partial charge in [0.25, 0.3) is 6.01 Å². The molecule has 0 N–H and O–H groups in total. The van der Waals surface area contributed by atoms with E-state index in [-0.39, 0.29) is 0 Å². The summed E-state index contributed by atoms with van der Waals surface area (Å²) in [6.07, 6.45) is 4.29. The molecule has 0 bridgehead atoms. The van der Waals surface area contributed by atoms with Crippen LogP contribution in [0.5, 0.6) is 6.01 Å². The normalized spacial score (nSPS) is 12.1. The number of unbranched alkanes of at least 4 members (excludes halogenated alkanes) is 2. The van der Waals surface area contributed by atoms with Crippen LogP contribution in [0.1, 0.15) is 39.5 Å². The van der Waals surface area contributed by atoms with Gasteiger partial charge >= 0.3 is 0 Å². The maximum atomic E-state index is 6.14. The van der Waals surface area contributed by atoms with Crippen molar-refractivity contribution in [3.05, 3.63) is 28.7 Å².